The topological polar surface area (TPSA) is 74.8 Å². The molecule has 1 atom stereocenters. The van der Waals surface area contributed by atoms with Gasteiger partial charge in [-0.15, -0.1) is 0 Å². The number of halogens is 3. The van der Waals surface area contributed by atoms with Crippen LogP contribution in [0.5, 0.6) is 0 Å². The molecule has 1 aromatic heterocycles. The monoisotopic (exact) mass is 504 g/mol. The predicted octanol–water partition coefficient (Wildman–Crippen LogP) is 5.16. The molecule has 2 amide bonds. The molecule has 3 heterocycles. The van der Waals surface area contributed by atoms with Crippen LogP contribution in [0.1, 0.15) is 40.0 Å². The number of piperidine rings is 1. The molecule has 2 aromatic rings. The number of anilines is 2. The fourth-order valence-corrected chi connectivity index (χ4v) is 4.53. The van der Waals surface area contributed by atoms with E-state index in [-0.39, 0.29) is 29.3 Å². The van der Waals surface area contributed by atoms with Crippen LogP contribution in [0.2, 0.25) is 0 Å². The van der Waals surface area contributed by atoms with Crippen LogP contribution in [-0.4, -0.2) is 59.8 Å². The molecular weight excluding hydrogens is 473 g/mol. The lowest BCUT2D eigenvalue weighted by molar-refractivity contribution is -0.121. The summed E-state index contributed by atoms with van der Waals surface area (Å²) in [6.45, 7) is 6.57. The standard InChI is InChI=1S/C26H31F3N4O3/c1-26(2,3)36-25(35)32-11-7-16(8-12-32)24(34)31-22-19(20-14-17(27)4-5-21(20)29)6-10-30-23(22)33-13-9-18(28)15-33/h4-6,10,14,16,18H,7-9,11-13,15H2,1-3H3,(H,31,34)/t18-/m0/s1. The second-order valence-electron chi connectivity index (χ2n) is 10.2. The number of hydrogen-bond acceptors (Lipinski definition) is 5. The maximum absolute atomic E-state index is 14.7. The Morgan fingerprint density at radius 1 is 1.06 bits per heavy atom. The Kier molecular flexibility index (Phi) is 7.42. The summed E-state index contributed by atoms with van der Waals surface area (Å²) in [5.74, 6) is -1.69. The molecule has 2 fully saturated rings. The number of benzene rings is 1. The van der Waals surface area contributed by atoms with Crippen LogP contribution in [-0.2, 0) is 9.53 Å². The van der Waals surface area contributed by atoms with Crippen LogP contribution < -0.4 is 10.2 Å². The Morgan fingerprint density at radius 2 is 1.78 bits per heavy atom. The maximum Gasteiger partial charge on any atom is 0.410 e. The van der Waals surface area contributed by atoms with Crippen molar-refractivity contribution in [1.29, 1.82) is 0 Å². The first-order chi connectivity index (χ1) is 17.0. The lowest BCUT2D eigenvalue weighted by atomic mass is 9.95. The van der Waals surface area contributed by atoms with Crippen molar-refractivity contribution in [1.82, 2.24) is 9.88 Å². The number of nitrogens with one attached hydrogen (secondary N) is 1. The van der Waals surface area contributed by atoms with E-state index in [0.29, 0.717) is 44.7 Å². The van der Waals surface area contributed by atoms with Crippen molar-refractivity contribution in [3.05, 3.63) is 42.1 Å². The largest absolute Gasteiger partial charge is 0.444 e. The minimum Gasteiger partial charge on any atom is -0.444 e. The first-order valence-corrected chi connectivity index (χ1v) is 12.1. The number of carbonyl (C=O) groups is 2. The molecule has 7 nitrogen and oxygen atoms in total. The van der Waals surface area contributed by atoms with Crippen molar-refractivity contribution in [2.24, 2.45) is 5.92 Å². The number of likely N-dealkylation sites (tertiary alicyclic amines) is 1. The van der Waals surface area contributed by atoms with Gasteiger partial charge < -0.3 is 19.9 Å². The number of alkyl halides is 1. The van der Waals surface area contributed by atoms with E-state index in [1.54, 1.807) is 30.6 Å². The van der Waals surface area contributed by atoms with Crippen LogP contribution in [0.4, 0.5) is 29.5 Å². The third-order valence-electron chi connectivity index (χ3n) is 6.35. The summed E-state index contributed by atoms with van der Waals surface area (Å²) < 4.78 is 48.1. The number of nitrogens with zero attached hydrogens (tertiary/aromatic N) is 3. The molecule has 4 rings (SSSR count). The Balaban J connectivity index is 1.57. The second-order valence-corrected chi connectivity index (χ2v) is 10.2. The van der Waals surface area contributed by atoms with Gasteiger partial charge in [0.2, 0.25) is 5.91 Å². The Bertz CT molecular complexity index is 1130. The first-order valence-electron chi connectivity index (χ1n) is 12.1. The third-order valence-corrected chi connectivity index (χ3v) is 6.35. The van der Waals surface area contributed by atoms with Gasteiger partial charge in [-0.25, -0.2) is 22.9 Å². The quantitative estimate of drug-likeness (QED) is 0.623. The molecule has 0 aliphatic carbocycles. The summed E-state index contributed by atoms with van der Waals surface area (Å²) >= 11 is 0. The van der Waals surface area contributed by atoms with E-state index in [1.807, 2.05) is 0 Å². The Labute approximate surface area is 208 Å². The summed E-state index contributed by atoms with van der Waals surface area (Å²) in [6, 6.07) is 4.61. The highest BCUT2D eigenvalue weighted by Crippen LogP contribution is 2.38. The van der Waals surface area contributed by atoms with Crippen LogP contribution in [0.15, 0.2) is 30.5 Å². The zero-order valence-electron chi connectivity index (χ0n) is 20.7. The van der Waals surface area contributed by atoms with E-state index in [9.17, 15) is 22.8 Å². The molecule has 2 aliphatic rings. The third kappa shape index (κ3) is 5.91. The molecule has 1 aromatic carbocycles. The van der Waals surface area contributed by atoms with Crippen LogP contribution in [0.25, 0.3) is 11.1 Å². The Morgan fingerprint density at radius 3 is 2.42 bits per heavy atom. The fraction of sp³-hybridized carbons (Fsp3) is 0.500. The van der Waals surface area contributed by atoms with Crippen LogP contribution in [0, 0.1) is 17.6 Å². The summed E-state index contributed by atoms with van der Waals surface area (Å²) in [7, 11) is 0. The van der Waals surface area contributed by atoms with Gasteiger partial charge in [0.05, 0.1) is 12.2 Å². The van der Waals surface area contributed by atoms with Gasteiger partial charge in [0.25, 0.3) is 0 Å². The average Bonchev–Trinajstić information content (AvgIpc) is 3.26. The highest BCUT2D eigenvalue weighted by molar-refractivity contribution is 6.00. The predicted molar refractivity (Wildman–Crippen MR) is 130 cm³/mol. The van der Waals surface area contributed by atoms with Crippen LogP contribution in [0.3, 0.4) is 0 Å². The van der Waals surface area contributed by atoms with Gasteiger partial charge in [-0.05, 0) is 64.3 Å². The summed E-state index contributed by atoms with van der Waals surface area (Å²) in [5.41, 5.74) is -0.155. The van der Waals surface area contributed by atoms with Crippen molar-refractivity contribution in [2.45, 2.75) is 51.8 Å². The summed E-state index contributed by atoms with van der Waals surface area (Å²) in [4.78, 5) is 33.3. The number of pyridine rings is 1. The molecular formula is C26H31F3N4O3. The van der Waals surface area contributed by atoms with Gasteiger partial charge in [-0.2, -0.15) is 0 Å². The number of ether oxygens (including phenoxy) is 1. The minimum atomic E-state index is -1.04. The summed E-state index contributed by atoms with van der Waals surface area (Å²) in [5, 5.41) is 2.88. The molecule has 0 saturated carbocycles. The smallest absolute Gasteiger partial charge is 0.410 e. The lowest BCUT2D eigenvalue weighted by Crippen LogP contribution is -2.43. The van der Waals surface area contributed by atoms with Crippen molar-refractivity contribution >= 4 is 23.5 Å². The van der Waals surface area contributed by atoms with E-state index in [1.165, 1.54) is 12.3 Å². The fourth-order valence-electron chi connectivity index (χ4n) is 4.53. The molecule has 0 spiro atoms. The number of rotatable bonds is 4. The zero-order valence-corrected chi connectivity index (χ0v) is 20.7. The average molecular weight is 505 g/mol. The van der Waals surface area contributed by atoms with E-state index < -0.39 is 35.4 Å². The van der Waals surface area contributed by atoms with Crippen molar-refractivity contribution in [3.63, 3.8) is 0 Å². The van der Waals surface area contributed by atoms with Crippen LogP contribution >= 0.6 is 0 Å². The first kappa shape index (κ1) is 25.8. The summed E-state index contributed by atoms with van der Waals surface area (Å²) in [6.07, 6.45) is 1.13. The van der Waals surface area contributed by atoms with Gasteiger partial charge >= 0.3 is 6.09 Å². The molecule has 2 aliphatic heterocycles. The highest BCUT2D eigenvalue weighted by Gasteiger charge is 2.32. The molecule has 0 bridgehead atoms. The van der Waals surface area contributed by atoms with Crippen molar-refractivity contribution in [2.75, 3.05) is 36.4 Å². The van der Waals surface area contributed by atoms with E-state index in [4.69, 9.17) is 4.74 Å². The molecule has 36 heavy (non-hydrogen) atoms. The van der Waals surface area contributed by atoms with Crippen molar-refractivity contribution < 1.29 is 27.5 Å². The molecule has 10 heteroatoms. The minimum absolute atomic E-state index is 0.0234. The molecule has 1 N–H and O–H groups in total. The Hall–Kier alpha value is -3.30. The number of carbonyl (C=O) groups excluding carboxylic acids is 2. The molecule has 194 valence electrons. The maximum atomic E-state index is 14.7. The SMILES string of the molecule is CC(C)(C)OC(=O)N1CCC(C(=O)Nc2c(-c3cc(F)ccc3F)ccnc2N2CC[C@H](F)C2)CC1. The van der Waals surface area contributed by atoms with Gasteiger partial charge in [0.1, 0.15) is 23.4 Å². The molecule has 0 unspecified atom stereocenters. The van der Waals surface area contributed by atoms with E-state index in [0.717, 1.165) is 18.2 Å². The number of amides is 2. The van der Waals surface area contributed by atoms with E-state index in [2.05, 4.69) is 10.3 Å². The lowest BCUT2D eigenvalue weighted by Gasteiger charge is -2.33. The van der Waals surface area contributed by atoms with Gasteiger partial charge in [0, 0.05) is 42.9 Å². The van der Waals surface area contributed by atoms with Gasteiger partial charge in [-0.1, -0.05) is 0 Å². The van der Waals surface area contributed by atoms with Gasteiger partial charge in [0.15, 0.2) is 5.82 Å². The van der Waals surface area contributed by atoms with Gasteiger partial charge in [-0.3, -0.25) is 4.79 Å². The zero-order chi connectivity index (χ0) is 26.0. The number of hydrogen-bond donors (Lipinski definition) is 1. The highest BCUT2D eigenvalue weighted by atomic mass is 19.1. The normalized spacial score (nSPS) is 18.9. The molecule has 0 radical (unpaired) electrons. The second kappa shape index (κ2) is 10.4. The number of aromatic nitrogens is 1. The van der Waals surface area contributed by atoms with E-state index >= 15 is 0 Å². The van der Waals surface area contributed by atoms with Crippen molar-refractivity contribution in [3.8, 4) is 11.1 Å². The molecule has 2 saturated heterocycles.